The third-order valence-corrected chi connectivity index (χ3v) is 14.0. The highest BCUT2D eigenvalue weighted by molar-refractivity contribution is 6.74. The number of aliphatic hydroxyl groups is 1. The summed E-state index contributed by atoms with van der Waals surface area (Å²) in [6, 6.07) is 6.86. The van der Waals surface area contributed by atoms with Gasteiger partial charge in [0.05, 0.1) is 5.60 Å². The SMILES string of the molecule is CC(C)(C)[Si](C)(C)Oc1ccc2c(c1)CC[C@@H]1[C@@H]2CC[C@@]2(C)[C@H]1CC[C@@]2(O)CC=O. The molecule has 0 unspecified atom stereocenters. The Morgan fingerprint density at radius 2 is 1.93 bits per heavy atom. The largest absolute Gasteiger partial charge is 0.543 e. The quantitative estimate of drug-likeness (QED) is 0.455. The molecule has 0 amide bonds. The van der Waals surface area contributed by atoms with Crippen molar-refractivity contribution >= 4 is 14.6 Å². The van der Waals surface area contributed by atoms with Crippen molar-refractivity contribution in [2.24, 2.45) is 17.3 Å². The molecule has 3 aliphatic rings. The van der Waals surface area contributed by atoms with Gasteiger partial charge in [0.25, 0.3) is 0 Å². The molecule has 4 rings (SSSR count). The Hall–Kier alpha value is -1.13. The molecule has 1 aromatic rings. The van der Waals surface area contributed by atoms with Crippen molar-refractivity contribution in [2.75, 3.05) is 0 Å². The van der Waals surface area contributed by atoms with E-state index in [1.165, 1.54) is 17.5 Å². The molecule has 0 spiro atoms. The summed E-state index contributed by atoms with van der Waals surface area (Å²) in [6.45, 7) is 13.7. The molecule has 4 heteroatoms. The summed E-state index contributed by atoms with van der Waals surface area (Å²) in [5.41, 5.74) is 2.07. The van der Waals surface area contributed by atoms with Gasteiger partial charge in [-0.25, -0.2) is 0 Å². The van der Waals surface area contributed by atoms with E-state index in [9.17, 15) is 9.90 Å². The van der Waals surface area contributed by atoms with E-state index in [2.05, 4.69) is 59.0 Å². The van der Waals surface area contributed by atoms with Crippen LogP contribution in [-0.2, 0) is 11.2 Å². The van der Waals surface area contributed by atoms with Gasteiger partial charge in [-0.3, -0.25) is 0 Å². The second kappa shape index (κ2) is 7.20. The minimum Gasteiger partial charge on any atom is -0.543 e. The Labute approximate surface area is 183 Å². The number of carbonyl (C=O) groups excluding carboxylic acids is 1. The number of hydrogen-bond donors (Lipinski definition) is 1. The van der Waals surface area contributed by atoms with Crippen LogP contribution in [0, 0.1) is 17.3 Å². The van der Waals surface area contributed by atoms with Crippen LogP contribution in [0.3, 0.4) is 0 Å². The summed E-state index contributed by atoms with van der Waals surface area (Å²) in [4.78, 5) is 11.3. The standard InChI is InChI=1S/C26H40O3Si/c1-24(2,3)30(5,6)29-19-8-10-20-18(17-19)7-9-22-21(20)11-13-25(4)23(22)12-14-26(25,28)15-16-27/h8,10,16-17,21-23,28H,7,9,11-15H2,1-6H3/t21-,22-,23+,25+,26-/m1/s1. The summed E-state index contributed by atoms with van der Waals surface area (Å²) < 4.78 is 6.58. The number of aryl methyl sites for hydroxylation is 1. The van der Waals surface area contributed by atoms with Crippen molar-refractivity contribution in [3.63, 3.8) is 0 Å². The zero-order chi connectivity index (χ0) is 21.9. The molecule has 2 saturated carbocycles. The van der Waals surface area contributed by atoms with Crippen molar-refractivity contribution in [1.82, 2.24) is 0 Å². The van der Waals surface area contributed by atoms with Crippen molar-refractivity contribution in [2.45, 2.75) is 102 Å². The van der Waals surface area contributed by atoms with E-state index in [-0.39, 0.29) is 10.5 Å². The van der Waals surface area contributed by atoms with Gasteiger partial charge in [0.15, 0.2) is 0 Å². The molecule has 1 N–H and O–H groups in total. The minimum atomic E-state index is -1.83. The van der Waals surface area contributed by atoms with Crippen LogP contribution in [0.25, 0.3) is 0 Å². The van der Waals surface area contributed by atoms with Gasteiger partial charge < -0.3 is 14.3 Å². The molecule has 0 aromatic heterocycles. The molecule has 0 saturated heterocycles. The number of rotatable bonds is 4. The molecular formula is C26H40O3Si. The van der Waals surface area contributed by atoms with Crippen LogP contribution in [0.1, 0.15) is 83.3 Å². The third-order valence-electron chi connectivity index (χ3n) is 9.62. The Kier molecular flexibility index (Phi) is 5.30. The Morgan fingerprint density at radius 1 is 1.20 bits per heavy atom. The first-order valence-corrected chi connectivity index (χ1v) is 14.8. The molecule has 1 aromatic carbocycles. The summed E-state index contributed by atoms with van der Waals surface area (Å²) in [5, 5.41) is 11.5. The topological polar surface area (TPSA) is 46.5 Å². The van der Waals surface area contributed by atoms with Gasteiger partial charge in [0, 0.05) is 6.42 Å². The number of hydrogen-bond acceptors (Lipinski definition) is 3. The molecular weight excluding hydrogens is 388 g/mol. The van der Waals surface area contributed by atoms with E-state index < -0.39 is 13.9 Å². The van der Waals surface area contributed by atoms with Crippen LogP contribution >= 0.6 is 0 Å². The van der Waals surface area contributed by atoms with Crippen molar-refractivity contribution in [3.8, 4) is 5.75 Å². The van der Waals surface area contributed by atoms with Gasteiger partial charge in [0.1, 0.15) is 12.0 Å². The highest BCUT2D eigenvalue weighted by atomic mass is 28.4. The zero-order valence-electron chi connectivity index (χ0n) is 19.8. The predicted molar refractivity (Wildman–Crippen MR) is 125 cm³/mol. The van der Waals surface area contributed by atoms with Crippen molar-refractivity contribution in [1.29, 1.82) is 0 Å². The monoisotopic (exact) mass is 428 g/mol. The first-order chi connectivity index (χ1) is 13.9. The molecule has 0 radical (unpaired) electrons. The molecule has 0 heterocycles. The minimum absolute atomic E-state index is 0.113. The molecule has 0 aliphatic heterocycles. The number of benzene rings is 1. The molecule has 30 heavy (non-hydrogen) atoms. The first-order valence-electron chi connectivity index (χ1n) is 11.9. The zero-order valence-corrected chi connectivity index (χ0v) is 20.8. The van der Waals surface area contributed by atoms with Crippen molar-refractivity contribution < 1.29 is 14.3 Å². The van der Waals surface area contributed by atoms with Crippen LogP contribution in [-0.4, -0.2) is 25.3 Å². The lowest BCUT2D eigenvalue weighted by Crippen LogP contribution is -2.51. The average Bonchev–Trinajstić information content (AvgIpc) is 2.91. The second-order valence-corrected chi connectivity index (χ2v) is 16.8. The summed E-state index contributed by atoms with van der Waals surface area (Å²) in [6.07, 6.45) is 7.50. The maximum absolute atomic E-state index is 11.3. The lowest BCUT2D eigenvalue weighted by atomic mass is 9.53. The Bertz CT molecular complexity index is 826. The molecule has 3 aliphatic carbocycles. The number of aldehydes is 1. The summed E-state index contributed by atoms with van der Waals surface area (Å²) in [5.74, 6) is 2.79. The van der Waals surface area contributed by atoms with E-state index in [1.54, 1.807) is 0 Å². The van der Waals surface area contributed by atoms with Crippen LogP contribution < -0.4 is 4.43 Å². The smallest absolute Gasteiger partial charge is 0.250 e. The lowest BCUT2D eigenvalue weighted by Gasteiger charge is -2.53. The fourth-order valence-corrected chi connectivity index (χ4v) is 7.68. The molecule has 3 nitrogen and oxygen atoms in total. The van der Waals surface area contributed by atoms with E-state index in [1.807, 2.05) is 0 Å². The van der Waals surface area contributed by atoms with Crippen LogP contribution in [0.4, 0.5) is 0 Å². The maximum atomic E-state index is 11.3. The lowest BCUT2D eigenvalue weighted by molar-refractivity contribution is -0.128. The van der Waals surface area contributed by atoms with Gasteiger partial charge in [0.2, 0.25) is 8.32 Å². The first kappa shape index (κ1) is 22.1. The Morgan fingerprint density at radius 3 is 2.60 bits per heavy atom. The fraction of sp³-hybridized carbons (Fsp3) is 0.731. The summed E-state index contributed by atoms with van der Waals surface area (Å²) in [7, 11) is -1.83. The van der Waals surface area contributed by atoms with Crippen LogP contribution in [0.5, 0.6) is 5.75 Å². The molecule has 2 fully saturated rings. The highest BCUT2D eigenvalue weighted by Gasteiger charge is 2.61. The van der Waals surface area contributed by atoms with E-state index >= 15 is 0 Å². The van der Waals surface area contributed by atoms with Gasteiger partial charge in [-0.15, -0.1) is 0 Å². The van der Waals surface area contributed by atoms with Gasteiger partial charge >= 0.3 is 0 Å². The molecule has 166 valence electrons. The highest BCUT2D eigenvalue weighted by Crippen LogP contribution is 2.65. The van der Waals surface area contributed by atoms with Gasteiger partial charge in [-0.05, 0) is 103 Å². The van der Waals surface area contributed by atoms with Gasteiger partial charge in [-0.2, -0.15) is 0 Å². The van der Waals surface area contributed by atoms with E-state index in [0.29, 0.717) is 24.2 Å². The Balaban J connectivity index is 1.58. The molecule has 5 atom stereocenters. The van der Waals surface area contributed by atoms with Crippen LogP contribution in [0.15, 0.2) is 18.2 Å². The molecule has 0 bridgehead atoms. The van der Waals surface area contributed by atoms with E-state index in [4.69, 9.17) is 4.43 Å². The van der Waals surface area contributed by atoms with Gasteiger partial charge in [-0.1, -0.05) is 33.8 Å². The van der Waals surface area contributed by atoms with Crippen LogP contribution in [0.2, 0.25) is 18.1 Å². The van der Waals surface area contributed by atoms with E-state index in [0.717, 1.165) is 44.1 Å². The van der Waals surface area contributed by atoms with Crippen molar-refractivity contribution in [3.05, 3.63) is 29.3 Å². The normalized spacial score (nSPS) is 35.9. The maximum Gasteiger partial charge on any atom is 0.250 e. The number of carbonyl (C=O) groups is 1. The fourth-order valence-electron chi connectivity index (χ4n) is 6.65. The third kappa shape index (κ3) is 3.29. The predicted octanol–water partition coefficient (Wildman–Crippen LogP) is 6.25. The second-order valence-electron chi connectivity index (χ2n) is 12.0. The average molecular weight is 429 g/mol. The summed E-state index contributed by atoms with van der Waals surface area (Å²) >= 11 is 0. The number of fused-ring (bicyclic) bond motifs is 5.